The Hall–Kier alpha value is -1.91. The Morgan fingerprint density at radius 3 is 2.62 bits per heavy atom. The standard InChI is InChI=1S/C16H15ClFNO2/c1-10-3-2-4-13(15(10)17)16(21)19-9-14(20)11-5-7-12(18)8-6-11/h2-8,14,20H,9H2,1H3,(H,19,21). The van der Waals surface area contributed by atoms with Crippen molar-refractivity contribution in [1.82, 2.24) is 5.32 Å². The maximum absolute atomic E-state index is 12.8. The van der Waals surface area contributed by atoms with Gasteiger partial charge in [-0.25, -0.2) is 4.39 Å². The van der Waals surface area contributed by atoms with Crippen molar-refractivity contribution in [3.8, 4) is 0 Å². The maximum atomic E-state index is 12.8. The molecule has 0 aromatic heterocycles. The third-order valence-electron chi connectivity index (χ3n) is 3.15. The van der Waals surface area contributed by atoms with Crippen LogP contribution in [-0.4, -0.2) is 17.6 Å². The molecule has 110 valence electrons. The van der Waals surface area contributed by atoms with Crippen molar-refractivity contribution >= 4 is 17.5 Å². The van der Waals surface area contributed by atoms with E-state index >= 15 is 0 Å². The van der Waals surface area contributed by atoms with Gasteiger partial charge in [-0.15, -0.1) is 0 Å². The largest absolute Gasteiger partial charge is 0.387 e. The number of rotatable bonds is 4. The van der Waals surface area contributed by atoms with Gasteiger partial charge in [0.2, 0.25) is 0 Å². The summed E-state index contributed by atoms with van der Waals surface area (Å²) in [7, 11) is 0. The number of aliphatic hydroxyl groups excluding tert-OH is 1. The minimum absolute atomic E-state index is 0.0226. The van der Waals surface area contributed by atoms with Crippen LogP contribution < -0.4 is 5.32 Å². The predicted molar refractivity (Wildman–Crippen MR) is 79.9 cm³/mol. The Labute approximate surface area is 127 Å². The third-order valence-corrected chi connectivity index (χ3v) is 3.65. The van der Waals surface area contributed by atoms with Gasteiger partial charge in [-0.05, 0) is 36.2 Å². The summed E-state index contributed by atoms with van der Waals surface area (Å²) in [6, 6.07) is 10.7. The third kappa shape index (κ3) is 3.80. The molecule has 2 N–H and O–H groups in total. The number of hydrogen-bond acceptors (Lipinski definition) is 2. The van der Waals surface area contributed by atoms with Crippen LogP contribution in [0.5, 0.6) is 0 Å². The molecule has 5 heteroatoms. The van der Waals surface area contributed by atoms with Gasteiger partial charge in [0.05, 0.1) is 16.7 Å². The van der Waals surface area contributed by atoms with Gasteiger partial charge in [-0.2, -0.15) is 0 Å². The minimum Gasteiger partial charge on any atom is -0.387 e. The maximum Gasteiger partial charge on any atom is 0.252 e. The van der Waals surface area contributed by atoms with Crippen LogP contribution in [0.3, 0.4) is 0 Å². The zero-order valence-corrected chi connectivity index (χ0v) is 12.2. The first kappa shape index (κ1) is 15.5. The fourth-order valence-electron chi connectivity index (χ4n) is 1.91. The minimum atomic E-state index is -0.905. The van der Waals surface area contributed by atoms with Crippen LogP contribution in [0.4, 0.5) is 4.39 Å². The van der Waals surface area contributed by atoms with Crippen molar-refractivity contribution in [2.24, 2.45) is 0 Å². The van der Waals surface area contributed by atoms with Crippen LogP contribution >= 0.6 is 11.6 Å². The number of carbonyl (C=O) groups excluding carboxylic acids is 1. The van der Waals surface area contributed by atoms with E-state index in [0.29, 0.717) is 16.1 Å². The number of aryl methyl sites for hydroxylation is 1. The van der Waals surface area contributed by atoms with Crippen molar-refractivity contribution in [2.45, 2.75) is 13.0 Å². The van der Waals surface area contributed by atoms with E-state index in [1.54, 1.807) is 12.1 Å². The van der Waals surface area contributed by atoms with Gasteiger partial charge in [0.25, 0.3) is 5.91 Å². The molecule has 0 spiro atoms. The zero-order valence-electron chi connectivity index (χ0n) is 11.4. The van der Waals surface area contributed by atoms with Crippen molar-refractivity contribution in [1.29, 1.82) is 0 Å². The number of nitrogens with one attached hydrogen (secondary N) is 1. The lowest BCUT2D eigenvalue weighted by Crippen LogP contribution is -2.28. The van der Waals surface area contributed by atoms with E-state index in [1.165, 1.54) is 24.3 Å². The second kappa shape index (κ2) is 6.70. The Morgan fingerprint density at radius 2 is 1.95 bits per heavy atom. The summed E-state index contributed by atoms with van der Waals surface area (Å²) >= 11 is 6.07. The van der Waals surface area contributed by atoms with Crippen LogP contribution in [-0.2, 0) is 0 Å². The summed E-state index contributed by atoms with van der Waals surface area (Å²) in [5.41, 5.74) is 1.71. The number of hydrogen-bond donors (Lipinski definition) is 2. The van der Waals surface area contributed by atoms with E-state index in [4.69, 9.17) is 11.6 Å². The molecule has 1 amide bonds. The normalized spacial score (nSPS) is 12.0. The van der Waals surface area contributed by atoms with Gasteiger partial charge in [0, 0.05) is 6.54 Å². The molecule has 0 saturated carbocycles. The monoisotopic (exact) mass is 307 g/mol. The van der Waals surface area contributed by atoms with Gasteiger partial charge in [0.15, 0.2) is 0 Å². The molecule has 0 saturated heterocycles. The van der Waals surface area contributed by atoms with Crippen LogP contribution in [0, 0.1) is 12.7 Å². The van der Waals surface area contributed by atoms with Crippen LogP contribution in [0.25, 0.3) is 0 Å². The molecule has 0 bridgehead atoms. The Bertz CT molecular complexity index is 643. The average Bonchev–Trinajstić information content (AvgIpc) is 2.48. The Morgan fingerprint density at radius 1 is 1.29 bits per heavy atom. The molecule has 1 atom stereocenters. The molecular formula is C16H15ClFNO2. The highest BCUT2D eigenvalue weighted by Crippen LogP contribution is 2.20. The molecule has 0 aliphatic carbocycles. The van der Waals surface area contributed by atoms with Gasteiger partial charge >= 0.3 is 0 Å². The number of carbonyl (C=O) groups is 1. The van der Waals surface area contributed by atoms with E-state index in [-0.39, 0.29) is 18.3 Å². The highest BCUT2D eigenvalue weighted by Gasteiger charge is 2.14. The average molecular weight is 308 g/mol. The molecule has 21 heavy (non-hydrogen) atoms. The molecule has 0 fully saturated rings. The molecule has 2 aromatic carbocycles. The molecule has 0 radical (unpaired) electrons. The molecule has 2 rings (SSSR count). The highest BCUT2D eigenvalue weighted by atomic mass is 35.5. The van der Waals surface area contributed by atoms with Crippen LogP contribution in [0.1, 0.15) is 27.6 Å². The number of amides is 1. The number of halogens is 2. The van der Waals surface area contributed by atoms with Crippen molar-refractivity contribution in [3.05, 3.63) is 70.0 Å². The molecule has 0 heterocycles. The lowest BCUT2D eigenvalue weighted by molar-refractivity contribution is 0.0916. The molecular weight excluding hydrogens is 293 g/mol. The lowest BCUT2D eigenvalue weighted by Gasteiger charge is -2.13. The van der Waals surface area contributed by atoms with Crippen LogP contribution in [0.15, 0.2) is 42.5 Å². The summed E-state index contributed by atoms with van der Waals surface area (Å²) in [5.74, 6) is -0.730. The summed E-state index contributed by atoms with van der Waals surface area (Å²) in [5, 5.41) is 13.0. The van der Waals surface area contributed by atoms with Gasteiger partial charge in [-0.1, -0.05) is 35.9 Å². The molecule has 0 aliphatic rings. The second-order valence-corrected chi connectivity index (χ2v) is 5.09. The SMILES string of the molecule is Cc1cccc(C(=O)NCC(O)c2ccc(F)cc2)c1Cl. The molecule has 1 unspecified atom stereocenters. The van der Waals surface area contributed by atoms with Crippen LogP contribution in [0.2, 0.25) is 5.02 Å². The van der Waals surface area contributed by atoms with E-state index < -0.39 is 6.10 Å². The first-order valence-corrected chi connectivity index (χ1v) is 6.83. The summed E-state index contributed by atoms with van der Waals surface area (Å²) < 4.78 is 12.8. The quantitative estimate of drug-likeness (QED) is 0.911. The molecule has 3 nitrogen and oxygen atoms in total. The van der Waals surface area contributed by atoms with Gasteiger partial charge in [0.1, 0.15) is 5.82 Å². The molecule has 2 aromatic rings. The Kier molecular flexibility index (Phi) is 4.94. The summed E-state index contributed by atoms with van der Waals surface area (Å²) in [6.45, 7) is 1.83. The van der Waals surface area contributed by atoms with E-state index in [1.807, 2.05) is 13.0 Å². The highest BCUT2D eigenvalue weighted by molar-refractivity contribution is 6.34. The lowest BCUT2D eigenvalue weighted by atomic mass is 10.1. The topological polar surface area (TPSA) is 49.3 Å². The first-order chi connectivity index (χ1) is 9.99. The van der Waals surface area contributed by atoms with Crippen molar-refractivity contribution in [2.75, 3.05) is 6.54 Å². The fourth-order valence-corrected chi connectivity index (χ4v) is 2.12. The van der Waals surface area contributed by atoms with E-state index in [2.05, 4.69) is 5.32 Å². The summed E-state index contributed by atoms with van der Waals surface area (Å²) in [4.78, 5) is 12.0. The fraction of sp³-hybridized carbons (Fsp3) is 0.188. The molecule has 0 aliphatic heterocycles. The first-order valence-electron chi connectivity index (χ1n) is 6.46. The Balaban J connectivity index is 2.00. The number of aliphatic hydroxyl groups is 1. The van der Waals surface area contributed by atoms with Gasteiger partial charge in [-0.3, -0.25) is 4.79 Å². The van der Waals surface area contributed by atoms with E-state index in [0.717, 1.165) is 5.56 Å². The van der Waals surface area contributed by atoms with Crippen molar-refractivity contribution < 1.29 is 14.3 Å². The zero-order chi connectivity index (χ0) is 15.4. The second-order valence-electron chi connectivity index (χ2n) is 4.71. The predicted octanol–water partition coefficient (Wildman–Crippen LogP) is 3.25. The number of benzene rings is 2. The van der Waals surface area contributed by atoms with Gasteiger partial charge < -0.3 is 10.4 Å². The summed E-state index contributed by atoms with van der Waals surface area (Å²) in [6.07, 6.45) is -0.905. The van der Waals surface area contributed by atoms with E-state index in [9.17, 15) is 14.3 Å². The van der Waals surface area contributed by atoms with Crippen molar-refractivity contribution in [3.63, 3.8) is 0 Å². The smallest absolute Gasteiger partial charge is 0.252 e.